The Morgan fingerprint density at radius 1 is 1.13 bits per heavy atom. The highest BCUT2D eigenvalue weighted by Gasteiger charge is 2.20. The van der Waals surface area contributed by atoms with Crippen LogP contribution in [0.25, 0.3) is 0 Å². The molecule has 4 nitrogen and oxygen atoms in total. The molecule has 15 heavy (non-hydrogen) atoms. The Morgan fingerprint density at radius 3 is 2.33 bits per heavy atom. The SMILES string of the molecule is CCOc1cccc(B(O)O)c1OCC. The summed E-state index contributed by atoms with van der Waals surface area (Å²) in [4.78, 5) is 0. The van der Waals surface area contributed by atoms with E-state index in [4.69, 9.17) is 19.5 Å². The van der Waals surface area contributed by atoms with Crippen molar-refractivity contribution in [3.05, 3.63) is 18.2 Å². The fraction of sp³-hybridized carbons (Fsp3) is 0.400. The van der Waals surface area contributed by atoms with Crippen molar-refractivity contribution >= 4 is 12.6 Å². The number of hydrogen-bond donors (Lipinski definition) is 2. The van der Waals surface area contributed by atoms with E-state index in [2.05, 4.69) is 0 Å². The zero-order chi connectivity index (χ0) is 11.3. The fourth-order valence-electron chi connectivity index (χ4n) is 1.30. The van der Waals surface area contributed by atoms with E-state index in [0.717, 1.165) is 0 Å². The average Bonchev–Trinajstić information content (AvgIpc) is 2.21. The van der Waals surface area contributed by atoms with E-state index in [1.807, 2.05) is 13.8 Å². The maximum Gasteiger partial charge on any atom is 0.492 e. The minimum atomic E-state index is -1.55. The summed E-state index contributed by atoms with van der Waals surface area (Å²) in [6.45, 7) is 4.64. The van der Waals surface area contributed by atoms with Gasteiger partial charge in [-0.05, 0) is 19.9 Å². The van der Waals surface area contributed by atoms with Crippen LogP contribution in [-0.2, 0) is 0 Å². The van der Waals surface area contributed by atoms with Crippen molar-refractivity contribution in [3.63, 3.8) is 0 Å². The van der Waals surface area contributed by atoms with Crippen LogP contribution in [0.4, 0.5) is 0 Å². The van der Waals surface area contributed by atoms with Crippen molar-refractivity contribution in [1.82, 2.24) is 0 Å². The lowest BCUT2D eigenvalue weighted by Gasteiger charge is -2.14. The van der Waals surface area contributed by atoms with Gasteiger partial charge in [0, 0.05) is 5.46 Å². The van der Waals surface area contributed by atoms with Gasteiger partial charge in [-0.25, -0.2) is 0 Å². The average molecular weight is 210 g/mol. The summed E-state index contributed by atoms with van der Waals surface area (Å²) in [5, 5.41) is 18.3. The first kappa shape index (κ1) is 11.9. The molecule has 0 heterocycles. The summed E-state index contributed by atoms with van der Waals surface area (Å²) < 4.78 is 10.7. The van der Waals surface area contributed by atoms with Crippen LogP contribution in [0.3, 0.4) is 0 Å². The Balaban J connectivity index is 3.09. The normalized spacial score (nSPS) is 9.87. The van der Waals surface area contributed by atoms with Crippen molar-refractivity contribution in [2.45, 2.75) is 13.8 Å². The lowest BCUT2D eigenvalue weighted by molar-refractivity contribution is 0.288. The number of hydrogen-bond acceptors (Lipinski definition) is 4. The van der Waals surface area contributed by atoms with Crippen molar-refractivity contribution in [2.75, 3.05) is 13.2 Å². The minimum absolute atomic E-state index is 0.322. The maximum absolute atomic E-state index is 9.14. The number of rotatable bonds is 5. The van der Waals surface area contributed by atoms with Crippen molar-refractivity contribution in [3.8, 4) is 11.5 Å². The predicted molar refractivity (Wildman–Crippen MR) is 58.6 cm³/mol. The van der Waals surface area contributed by atoms with E-state index in [9.17, 15) is 0 Å². The van der Waals surface area contributed by atoms with E-state index in [1.165, 1.54) is 0 Å². The van der Waals surface area contributed by atoms with Gasteiger partial charge in [0.1, 0.15) is 0 Å². The van der Waals surface area contributed by atoms with Gasteiger partial charge in [-0.1, -0.05) is 12.1 Å². The smallest absolute Gasteiger partial charge is 0.490 e. The summed E-state index contributed by atoms with van der Waals surface area (Å²) in [6.07, 6.45) is 0. The summed E-state index contributed by atoms with van der Waals surface area (Å²) in [7, 11) is -1.55. The predicted octanol–water partition coefficient (Wildman–Crippen LogP) is 0.164. The first-order chi connectivity index (χ1) is 7.20. The molecule has 5 heteroatoms. The van der Waals surface area contributed by atoms with E-state index < -0.39 is 7.12 Å². The second-order valence-corrected chi connectivity index (χ2v) is 2.91. The zero-order valence-electron chi connectivity index (χ0n) is 8.93. The molecule has 2 N–H and O–H groups in total. The first-order valence-corrected chi connectivity index (χ1v) is 4.95. The molecule has 0 aliphatic rings. The molecular weight excluding hydrogens is 195 g/mol. The van der Waals surface area contributed by atoms with Crippen LogP contribution in [0.5, 0.6) is 11.5 Å². The minimum Gasteiger partial charge on any atom is -0.490 e. The molecule has 0 fully saturated rings. The molecule has 0 saturated heterocycles. The molecule has 1 rings (SSSR count). The van der Waals surface area contributed by atoms with Gasteiger partial charge < -0.3 is 19.5 Å². The molecular formula is C10H15BO4. The Kier molecular flexibility index (Phi) is 4.46. The summed E-state index contributed by atoms with van der Waals surface area (Å²) in [6, 6.07) is 5.03. The van der Waals surface area contributed by atoms with Crippen LogP contribution in [0.15, 0.2) is 18.2 Å². The fourth-order valence-corrected chi connectivity index (χ4v) is 1.30. The van der Waals surface area contributed by atoms with Gasteiger partial charge in [0.2, 0.25) is 0 Å². The largest absolute Gasteiger partial charge is 0.492 e. The molecule has 1 aromatic rings. The molecule has 0 spiro atoms. The van der Waals surface area contributed by atoms with Gasteiger partial charge >= 0.3 is 7.12 Å². The Labute approximate surface area is 89.6 Å². The molecule has 0 bridgehead atoms. The van der Waals surface area contributed by atoms with Crippen LogP contribution in [0.2, 0.25) is 0 Å². The Hall–Kier alpha value is -1.20. The van der Waals surface area contributed by atoms with Gasteiger partial charge in [0.05, 0.1) is 13.2 Å². The topological polar surface area (TPSA) is 58.9 Å². The summed E-state index contributed by atoms with van der Waals surface area (Å²) in [5.74, 6) is 0.932. The molecule has 1 aromatic carbocycles. The second-order valence-electron chi connectivity index (χ2n) is 2.91. The maximum atomic E-state index is 9.14. The van der Waals surface area contributed by atoms with Crippen LogP contribution in [-0.4, -0.2) is 30.4 Å². The number of ether oxygens (including phenoxy) is 2. The molecule has 0 saturated carbocycles. The second kappa shape index (κ2) is 5.63. The van der Waals surface area contributed by atoms with Crippen molar-refractivity contribution in [1.29, 1.82) is 0 Å². The molecule has 0 atom stereocenters. The van der Waals surface area contributed by atoms with Crippen LogP contribution < -0.4 is 14.9 Å². The highest BCUT2D eigenvalue weighted by atomic mass is 16.5. The lowest BCUT2D eigenvalue weighted by Crippen LogP contribution is -2.31. The molecule has 0 aliphatic heterocycles. The van der Waals surface area contributed by atoms with Gasteiger partial charge in [-0.3, -0.25) is 0 Å². The lowest BCUT2D eigenvalue weighted by atomic mass is 9.79. The van der Waals surface area contributed by atoms with E-state index in [1.54, 1.807) is 18.2 Å². The van der Waals surface area contributed by atoms with E-state index >= 15 is 0 Å². The van der Waals surface area contributed by atoms with E-state index in [0.29, 0.717) is 30.2 Å². The van der Waals surface area contributed by atoms with E-state index in [-0.39, 0.29) is 0 Å². The van der Waals surface area contributed by atoms with Crippen molar-refractivity contribution in [2.24, 2.45) is 0 Å². The Morgan fingerprint density at radius 2 is 1.80 bits per heavy atom. The van der Waals surface area contributed by atoms with Crippen LogP contribution >= 0.6 is 0 Å². The third kappa shape index (κ3) is 2.87. The summed E-state index contributed by atoms with van der Waals surface area (Å²) >= 11 is 0. The standard InChI is InChI=1S/C10H15BO4/c1-3-14-9-7-5-6-8(11(12)13)10(9)15-4-2/h5-7,12-13H,3-4H2,1-2H3. The molecule has 0 unspecified atom stereocenters. The Bertz CT molecular complexity index is 314. The van der Waals surface area contributed by atoms with Gasteiger partial charge in [-0.2, -0.15) is 0 Å². The molecule has 0 aromatic heterocycles. The first-order valence-electron chi connectivity index (χ1n) is 4.95. The quantitative estimate of drug-likeness (QED) is 0.680. The highest BCUT2D eigenvalue weighted by Crippen LogP contribution is 2.24. The number of para-hydroxylation sites is 1. The van der Waals surface area contributed by atoms with Gasteiger partial charge in [-0.15, -0.1) is 0 Å². The van der Waals surface area contributed by atoms with Gasteiger partial charge in [0.25, 0.3) is 0 Å². The van der Waals surface area contributed by atoms with Gasteiger partial charge in [0.15, 0.2) is 11.5 Å². The molecule has 0 aliphatic carbocycles. The van der Waals surface area contributed by atoms with Crippen LogP contribution in [0, 0.1) is 0 Å². The molecule has 82 valence electrons. The third-order valence-corrected chi connectivity index (χ3v) is 1.88. The molecule has 0 radical (unpaired) electrons. The number of benzene rings is 1. The molecule has 0 amide bonds. The van der Waals surface area contributed by atoms with Crippen molar-refractivity contribution < 1.29 is 19.5 Å². The zero-order valence-corrected chi connectivity index (χ0v) is 8.93. The summed E-state index contributed by atoms with van der Waals surface area (Å²) in [5.41, 5.74) is 0.322. The third-order valence-electron chi connectivity index (χ3n) is 1.88. The highest BCUT2D eigenvalue weighted by molar-refractivity contribution is 6.59. The van der Waals surface area contributed by atoms with Crippen LogP contribution in [0.1, 0.15) is 13.8 Å². The monoisotopic (exact) mass is 210 g/mol.